The minimum atomic E-state index is -2.16. The molecule has 0 radical (unpaired) electrons. The maximum atomic E-state index is 14.3. The monoisotopic (exact) mass is 584 g/mol. The lowest BCUT2D eigenvalue weighted by Gasteiger charge is -2.48. The van der Waals surface area contributed by atoms with Gasteiger partial charge < -0.3 is 25.1 Å². The highest BCUT2D eigenvalue weighted by Gasteiger charge is 2.45. The van der Waals surface area contributed by atoms with E-state index in [2.05, 4.69) is 71.3 Å². The van der Waals surface area contributed by atoms with Crippen molar-refractivity contribution in [1.29, 1.82) is 0 Å². The summed E-state index contributed by atoms with van der Waals surface area (Å²) >= 11 is 0. The number of nitrogens with zero attached hydrogens (tertiary/aromatic N) is 4. The van der Waals surface area contributed by atoms with Crippen LogP contribution in [0.25, 0.3) is 11.4 Å². The van der Waals surface area contributed by atoms with E-state index in [1.807, 2.05) is 6.07 Å². The molecule has 1 aliphatic rings. The molecule has 2 aromatic heterocycles. The van der Waals surface area contributed by atoms with Crippen molar-refractivity contribution in [2.24, 2.45) is 5.92 Å². The second-order valence-electron chi connectivity index (χ2n) is 12.0. The third-order valence-electron chi connectivity index (χ3n) is 7.93. The van der Waals surface area contributed by atoms with Crippen LogP contribution in [-0.2, 0) is 11.0 Å². The minimum absolute atomic E-state index is 0.0152. The van der Waals surface area contributed by atoms with Gasteiger partial charge in [-0.25, -0.2) is 23.5 Å². The van der Waals surface area contributed by atoms with Crippen molar-refractivity contribution in [3.63, 3.8) is 0 Å². The van der Waals surface area contributed by atoms with Gasteiger partial charge in [0.25, 0.3) is 0 Å². The maximum absolute atomic E-state index is 14.3. The van der Waals surface area contributed by atoms with Crippen molar-refractivity contribution in [3.8, 4) is 11.4 Å². The fourth-order valence-electron chi connectivity index (χ4n) is 4.77. The first-order valence-electron chi connectivity index (χ1n) is 13.6. The molecule has 3 atom stereocenters. The Balaban J connectivity index is 1.54. The molecule has 12 heteroatoms. The highest BCUT2D eigenvalue weighted by Crippen LogP contribution is 2.40. The number of aromatic nitrogens is 3. The van der Waals surface area contributed by atoms with E-state index in [4.69, 9.17) is 4.43 Å². The number of carbonyl (C=O) groups is 1. The molecule has 3 aromatic rings. The number of anilines is 2. The minimum Gasteiger partial charge on any atom is -0.465 e. The van der Waals surface area contributed by atoms with Gasteiger partial charge in [-0.2, -0.15) is 0 Å². The summed E-state index contributed by atoms with van der Waals surface area (Å²) in [5.41, 5.74) is 1.83. The highest BCUT2D eigenvalue weighted by atomic mass is 28.4. The van der Waals surface area contributed by atoms with Gasteiger partial charge >= 0.3 is 6.09 Å². The molecule has 1 fully saturated rings. The molecule has 1 aliphatic heterocycles. The normalized spacial score (nSPS) is 19.6. The predicted octanol–water partition coefficient (Wildman–Crippen LogP) is 5.91. The van der Waals surface area contributed by atoms with Crippen LogP contribution < -0.4 is 15.5 Å². The molecule has 3 N–H and O–H groups in total. The molecule has 4 rings (SSSR count). The van der Waals surface area contributed by atoms with Gasteiger partial charge in [0.1, 0.15) is 11.6 Å². The third-order valence-corrected chi connectivity index (χ3v) is 12.4. The first kappa shape index (κ1) is 30.3. The smallest absolute Gasteiger partial charge is 0.405 e. The van der Waals surface area contributed by atoms with Gasteiger partial charge in [0, 0.05) is 31.4 Å². The van der Waals surface area contributed by atoms with Crippen LogP contribution in [0.2, 0.25) is 18.1 Å². The van der Waals surface area contributed by atoms with Crippen LogP contribution in [0.1, 0.15) is 33.4 Å². The topological polar surface area (TPSA) is 112 Å². The maximum Gasteiger partial charge on any atom is 0.405 e. The molecule has 0 unspecified atom stereocenters. The van der Waals surface area contributed by atoms with Crippen molar-refractivity contribution < 1.29 is 23.1 Å². The summed E-state index contributed by atoms with van der Waals surface area (Å²) in [5, 5.41) is 15.7. The average molecular weight is 585 g/mol. The van der Waals surface area contributed by atoms with E-state index in [1.54, 1.807) is 18.5 Å². The molecule has 0 aliphatic carbocycles. The van der Waals surface area contributed by atoms with Gasteiger partial charge in [-0.1, -0.05) is 33.8 Å². The number of nitrogens with one attached hydrogen (secondary N) is 2. The Morgan fingerprint density at radius 1 is 1.15 bits per heavy atom. The number of carboxylic acid groups (broad SMARTS) is 1. The lowest BCUT2D eigenvalue weighted by Crippen LogP contribution is -2.62. The second kappa shape index (κ2) is 12.1. The predicted molar refractivity (Wildman–Crippen MR) is 157 cm³/mol. The van der Waals surface area contributed by atoms with Crippen LogP contribution >= 0.6 is 0 Å². The number of hydrogen-bond acceptors (Lipinski definition) is 7. The Morgan fingerprint density at radius 2 is 1.85 bits per heavy atom. The number of halogens is 2. The lowest BCUT2D eigenvalue weighted by atomic mass is 9.92. The zero-order chi connectivity index (χ0) is 29.9. The molecule has 41 heavy (non-hydrogen) atoms. The lowest BCUT2D eigenvalue weighted by molar-refractivity contribution is 0.0722. The number of piperidine rings is 1. The summed E-state index contributed by atoms with van der Waals surface area (Å²) in [5.74, 6) is -1.46. The van der Waals surface area contributed by atoms with Gasteiger partial charge in [0.05, 0.1) is 47.5 Å². The van der Waals surface area contributed by atoms with Crippen molar-refractivity contribution in [3.05, 3.63) is 66.3 Å². The Kier molecular flexibility index (Phi) is 8.93. The van der Waals surface area contributed by atoms with Crippen molar-refractivity contribution in [2.75, 3.05) is 23.3 Å². The van der Waals surface area contributed by atoms with Crippen LogP contribution in [0.5, 0.6) is 0 Å². The first-order valence-corrected chi connectivity index (χ1v) is 16.5. The van der Waals surface area contributed by atoms with Crippen LogP contribution in [-0.4, -0.2) is 59.7 Å². The largest absolute Gasteiger partial charge is 0.465 e. The highest BCUT2D eigenvalue weighted by molar-refractivity contribution is 6.74. The number of rotatable bonds is 8. The summed E-state index contributed by atoms with van der Waals surface area (Å²) in [7, 11) is -2.16. The molecule has 0 spiro atoms. The molecule has 3 heterocycles. The zero-order valence-corrected chi connectivity index (χ0v) is 25.3. The Morgan fingerprint density at radius 3 is 2.51 bits per heavy atom. The van der Waals surface area contributed by atoms with Crippen molar-refractivity contribution in [1.82, 2.24) is 20.3 Å². The molecule has 220 valence electrons. The fraction of sp³-hybridized carbons (Fsp3) is 0.448. The summed E-state index contributed by atoms with van der Waals surface area (Å²) in [6, 6.07) is 6.74. The van der Waals surface area contributed by atoms with Crippen molar-refractivity contribution in [2.45, 2.75) is 64.5 Å². The summed E-state index contributed by atoms with van der Waals surface area (Å²) in [4.78, 5) is 26.6. The zero-order valence-electron chi connectivity index (χ0n) is 24.3. The van der Waals surface area contributed by atoms with Crippen molar-refractivity contribution >= 4 is 25.8 Å². The van der Waals surface area contributed by atoms with E-state index in [-0.39, 0.29) is 35.0 Å². The number of pyridine rings is 1. The Labute approximate surface area is 240 Å². The van der Waals surface area contributed by atoms with E-state index < -0.39 is 32.1 Å². The van der Waals surface area contributed by atoms with E-state index in [9.17, 15) is 18.7 Å². The fourth-order valence-corrected chi connectivity index (χ4v) is 6.20. The molecule has 0 bridgehead atoms. The number of hydrogen-bond donors (Lipinski definition) is 3. The third kappa shape index (κ3) is 6.99. The van der Waals surface area contributed by atoms with Gasteiger partial charge in [0.2, 0.25) is 0 Å². The van der Waals surface area contributed by atoms with E-state index >= 15 is 0 Å². The molecule has 9 nitrogen and oxygen atoms in total. The molecule has 1 saturated heterocycles. The molecular weight excluding hydrogens is 546 g/mol. The van der Waals surface area contributed by atoms with E-state index in [1.165, 1.54) is 24.4 Å². The molecule has 1 aromatic carbocycles. The van der Waals surface area contributed by atoms with Crippen LogP contribution in [0.4, 0.5) is 25.0 Å². The van der Waals surface area contributed by atoms with Gasteiger partial charge in [-0.15, -0.1) is 0 Å². The quantitative estimate of drug-likeness (QED) is 0.280. The van der Waals surface area contributed by atoms with Gasteiger partial charge in [-0.05, 0) is 42.4 Å². The van der Waals surface area contributed by atoms with Crippen LogP contribution in [0.15, 0.2) is 48.9 Å². The summed E-state index contributed by atoms with van der Waals surface area (Å²) in [6.45, 7) is 14.3. The Bertz CT molecular complexity index is 1370. The summed E-state index contributed by atoms with van der Waals surface area (Å²) in [6.07, 6.45) is 3.49. The van der Waals surface area contributed by atoms with Crippen LogP contribution in [0.3, 0.4) is 0 Å². The Hall–Kier alpha value is -3.64. The van der Waals surface area contributed by atoms with Crippen LogP contribution in [0, 0.1) is 17.6 Å². The average Bonchev–Trinajstić information content (AvgIpc) is 2.89. The van der Waals surface area contributed by atoms with Gasteiger partial charge in [0.15, 0.2) is 14.1 Å². The molecule has 0 saturated carbocycles. The standard InChI is InChI=1S/C29H38F2N6O3Si/c1-18-16-37(17-23(36-28(38)39)26(18)40-41(5,6)29(2,3)4)24-11-12-32-15-22(24)34-14-19-10-13-33-27(35-19)25-20(30)8-7-9-21(25)31/h7-13,15,18,23,26,34,36H,14,16-17H2,1-6H3,(H,38,39)/t18-,23+,26+/m0/s1. The molecule has 1 amide bonds. The van der Waals surface area contributed by atoms with E-state index in [0.29, 0.717) is 18.8 Å². The summed E-state index contributed by atoms with van der Waals surface area (Å²) < 4.78 is 35.3. The SMILES string of the molecule is C[C@H]1CN(c2ccncc2NCc2ccnc(-c3c(F)cccc3F)n2)C[C@@H](NC(=O)O)[C@@H]1O[Si](C)(C)C(C)(C)C. The number of benzene rings is 1. The van der Waals surface area contributed by atoms with Gasteiger partial charge in [-0.3, -0.25) is 4.98 Å². The number of amides is 1. The van der Waals surface area contributed by atoms with E-state index in [0.717, 1.165) is 11.4 Å². The first-order chi connectivity index (χ1) is 19.3. The molecular formula is C29H38F2N6O3Si. The second-order valence-corrected chi connectivity index (χ2v) is 16.8.